The van der Waals surface area contributed by atoms with Gasteiger partial charge in [-0.2, -0.15) is 0 Å². The minimum Gasteiger partial charge on any atom is -0.356 e. The van der Waals surface area contributed by atoms with Gasteiger partial charge in [0, 0.05) is 32.1 Å². The average molecular weight is 241 g/mol. The Hall–Kier alpha value is -0.420. The fourth-order valence-electron chi connectivity index (χ4n) is 2.33. The largest absolute Gasteiger partial charge is 0.356 e. The van der Waals surface area contributed by atoms with Gasteiger partial charge in [-0.05, 0) is 30.4 Å². The highest BCUT2D eigenvalue weighted by atomic mass is 32.1. The fraction of sp³-hybridized carbons (Fsp3) is 0.667. The van der Waals surface area contributed by atoms with Gasteiger partial charge in [0.1, 0.15) is 0 Å². The lowest BCUT2D eigenvalue weighted by Gasteiger charge is -2.36. The van der Waals surface area contributed by atoms with E-state index in [-0.39, 0.29) is 11.8 Å². The predicted octanol–water partition coefficient (Wildman–Crippen LogP) is 2.12. The molecule has 0 fully saturated rings. The Kier molecular flexibility index (Phi) is 3.64. The first-order valence-corrected chi connectivity index (χ1v) is 6.45. The first-order valence-electron chi connectivity index (χ1n) is 5.57. The summed E-state index contributed by atoms with van der Waals surface area (Å²) in [5, 5.41) is 5.76. The summed E-state index contributed by atoms with van der Waals surface area (Å²) < 4.78 is 10.6. The van der Waals surface area contributed by atoms with Gasteiger partial charge in [-0.25, -0.2) is 0 Å². The average Bonchev–Trinajstić information content (AvgIpc) is 2.76. The molecule has 1 aromatic rings. The van der Waals surface area contributed by atoms with Crippen LogP contribution in [-0.4, -0.2) is 27.1 Å². The molecule has 0 spiro atoms. The molecule has 1 aliphatic heterocycles. The van der Waals surface area contributed by atoms with Gasteiger partial charge in [-0.3, -0.25) is 0 Å². The molecule has 0 bridgehead atoms. The van der Waals surface area contributed by atoms with E-state index in [1.165, 1.54) is 10.4 Å². The van der Waals surface area contributed by atoms with Crippen LogP contribution in [-0.2, 0) is 21.4 Å². The Balaban J connectivity index is 2.20. The summed E-state index contributed by atoms with van der Waals surface area (Å²) in [6.07, 6.45) is 1.82. The van der Waals surface area contributed by atoms with Crippen LogP contribution in [0.5, 0.6) is 0 Å². The summed E-state index contributed by atoms with van der Waals surface area (Å²) in [6.45, 7) is 3.26. The number of nitrogens with one attached hydrogen (secondary N) is 1. The zero-order chi connectivity index (χ0) is 11.6. The highest BCUT2D eigenvalue weighted by Crippen LogP contribution is 2.36. The van der Waals surface area contributed by atoms with Crippen LogP contribution in [0.4, 0.5) is 0 Å². The number of thiophene rings is 1. The van der Waals surface area contributed by atoms with E-state index in [0.29, 0.717) is 0 Å². The van der Waals surface area contributed by atoms with Gasteiger partial charge in [-0.15, -0.1) is 11.3 Å². The van der Waals surface area contributed by atoms with Crippen molar-refractivity contribution in [3.8, 4) is 0 Å². The standard InChI is InChI=1S/C12H19NO2S/c1-12(8-10(14-2)15-3)11-9(4-6-13-12)5-7-16-11/h5,7,10,13H,4,6,8H2,1-3H3. The van der Waals surface area contributed by atoms with Crippen molar-refractivity contribution in [3.05, 3.63) is 21.9 Å². The molecule has 2 heterocycles. The number of ether oxygens (including phenoxy) is 2. The van der Waals surface area contributed by atoms with E-state index < -0.39 is 0 Å². The maximum Gasteiger partial charge on any atom is 0.158 e. The zero-order valence-electron chi connectivity index (χ0n) is 10.1. The molecule has 16 heavy (non-hydrogen) atoms. The monoisotopic (exact) mass is 241 g/mol. The summed E-state index contributed by atoms with van der Waals surface area (Å²) in [6, 6.07) is 2.23. The summed E-state index contributed by atoms with van der Waals surface area (Å²) in [7, 11) is 3.38. The van der Waals surface area contributed by atoms with Gasteiger partial charge < -0.3 is 14.8 Å². The maximum atomic E-state index is 5.30. The van der Waals surface area contributed by atoms with Crippen LogP contribution >= 0.6 is 11.3 Å². The van der Waals surface area contributed by atoms with E-state index in [4.69, 9.17) is 9.47 Å². The van der Waals surface area contributed by atoms with Crippen molar-refractivity contribution in [1.82, 2.24) is 5.32 Å². The first kappa shape index (κ1) is 12.0. The Morgan fingerprint density at radius 3 is 2.94 bits per heavy atom. The summed E-state index contributed by atoms with van der Waals surface area (Å²) in [5.74, 6) is 0. The molecule has 90 valence electrons. The third-order valence-electron chi connectivity index (χ3n) is 3.26. The van der Waals surface area contributed by atoms with Crippen LogP contribution < -0.4 is 5.32 Å². The van der Waals surface area contributed by atoms with Crippen molar-refractivity contribution in [1.29, 1.82) is 0 Å². The van der Waals surface area contributed by atoms with E-state index in [2.05, 4.69) is 23.7 Å². The molecular weight excluding hydrogens is 222 g/mol. The molecule has 1 N–H and O–H groups in total. The molecule has 0 aliphatic carbocycles. The number of hydrogen-bond acceptors (Lipinski definition) is 4. The number of hydrogen-bond donors (Lipinski definition) is 1. The second-order valence-electron chi connectivity index (χ2n) is 4.39. The van der Waals surface area contributed by atoms with Crippen LogP contribution in [0.2, 0.25) is 0 Å². The van der Waals surface area contributed by atoms with Crippen LogP contribution in [0.25, 0.3) is 0 Å². The van der Waals surface area contributed by atoms with Crippen molar-refractivity contribution >= 4 is 11.3 Å². The van der Waals surface area contributed by atoms with Gasteiger partial charge in [0.15, 0.2) is 6.29 Å². The minimum absolute atomic E-state index is 0.0154. The minimum atomic E-state index is -0.148. The van der Waals surface area contributed by atoms with Gasteiger partial charge >= 0.3 is 0 Å². The van der Waals surface area contributed by atoms with Crippen molar-refractivity contribution in [2.24, 2.45) is 0 Å². The molecule has 1 unspecified atom stereocenters. The molecule has 0 saturated carbocycles. The van der Waals surface area contributed by atoms with E-state index in [9.17, 15) is 0 Å². The Morgan fingerprint density at radius 2 is 2.25 bits per heavy atom. The SMILES string of the molecule is COC(CC1(C)NCCc2ccsc21)OC. The van der Waals surface area contributed by atoms with Crippen molar-refractivity contribution in [2.45, 2.75) is 31.6 Å². The lowest BCUT2D eigenvalue weighted by Crippen LogP contribution is -2.46. The molecule has 0 aromatic carbocycles. The lowest BCUT2D eigenvalue weighted by atomic mass is 9.88. The van der Waals surface area contributed by atoms with Gasteiger partial charge in [0.25, 0.3) is 0 Å². The Morgan fingerprint density at radius 1 is 1.50 bits per heavy atom. The third-order valence-corrected chi connectivity index (χ3v) is 4.48. The van der Waals surface area contributed by atoms with E-state index in [0.717, 1.165) is 19.4 Å². The van der Waals surface area contributed by atoms with Crippen molar-refractivity contribution in [2.75, 3.05) is 20.8 Å². The number of methoxy groups -OCH3 is 2. The normalized spacial score (nSPS) is 24.8. The van der Waals surface area contributed by atoms with Crippen molar-refractivity contribution in [3.63, 3.8) is 0 Å². The highest BCUT2D eigenvalue weighted by Gasteiger charge is 2.35. The van der Waals surface area contributed by atoms with Crippen LogP contribution in [0.3, 0.4) is 0 Å². The molecule has 1 aliphatic rings. The van der Waals surface area contributed by atoms with Crippen molar-refractivity contribution < 1.29 is 9.47 Å². The molecule has 1 aromatic heterocycles. The molecule has 0 saturated heterocycles. The quantitative estimate of drug-likeness (QED) is 0.819. The molecule has 2 rings (SSSR count). The molecule has 0 amide bonds. The van der Waals surface area contributed by atoms with Gasteiger partial charge in [0.05, 0.1) is 5.54 Å². The molecule has 0 radical (unpaired) electrons. The van der Waals surface area contributed by atoms with Gasteiger partial charge in [-0.1, -0.05) is 0 Å². The van der Waals surface area contributed by atoms with E-state index in [1.807, 2.05) is 11.3 Å². The second kappa shape index (κ2) is 4.84. The second-order valence-corrected chi connectivity index (χ2v) is 5.31. The van der Waals surface area contributed by atoms with Crippen LogP contribution in [0, 0.1) is 0 Å². The summed E-state index contributed by atoms with van der Waals surface area (Å²) >= 11 is 1.82. The number of fused-ring (bicyclic) bond motifs is 1. The van der Waals surface area contributed by atoms with Gasteiger partial charge in [0.2, 0.25) is 0 Å². The number of rotatable bonds is 4. The predicted molar refractivity (Wildman–Crippen MR) is 65.8 cm³/mol. The molecule has 1 atom stereocenters. The lowest BCUT2D eigenvalue weighted by molar-refractivity contribution is -0.118. The zero-order valence-corrected chi connectivity index (χ0v) is 10.9. The smallest absolute Gasteiger partial charge is 0.158 e. The summed E-state index contributed by atoms with van der Waals surface area (Å²) in [5.41, 5.74) is 1.45. The van der Waals surface area contributed by atoms with E-state index >= 15 is 0 Å². The summed E-state index contributed by atoms with van der Waals surface area (Å²) in [4.78, 5) is 1.43. The maximum absolute atomic E-state index is 5.30. The van der Waals surface area contributed by atoms with Crippen LogP contribution in [0.15, 0.2) is 11.4 Å². The molecule has 4 heteroatoms. The Labute approximate surface area is 101 Å². The first-order chi connectivity index (χ1) is 7.69. The molecule has 3 nitrogen and oxygen atoms in total. The highest BCUT2D eigenvalue weighted by molar-refractivity contribution is 7.10. The van der Waals surface area contributed by atoms with Crippen LogP contribution in [0.1, 0.15) is 23.8 Å². The van der Waals surface area contributed by atoms with E-state index in [1.54, 1.807) is 14.2 Å². The molecular formula is C12H19NO2S. The Bertz CT molecular complexity index is 349. The third kappa shape index (κ3) is 2.15. The fourth-order valence-corrected chi connectivity index (χ4v) is 3.44. The topological polar surface area (TPSA) is 30.5 Å².